The molecule has 1 aliphatic rings. The fourth-order valence-electron chi connectivity index (χ4n) is 2.75. The van der Waals surface area contributed by atoms with Crippen molar-refractivity contribution in [1.82, 2.24) is 4.31 Å². The summed E-state index contributed by atoms with van der Waals surface area (Å²) in [5, 5.41) is -0.219. The van der Waals surface area contributed by atoms with Crippen LogP contribution in [-0.2, 0) is 16.6 Å². The van der Waals surface area contributed by atoms with Gasteiger partial charge in [-0.15, -0.1) is 11.6 Å². The lowest BCUT2D eigenvalue weighted by molar-refractivity contribution is 0.396. The number of hydrogen-bond donors (Lipinski definition) is 0. The minimum atomic E-state index is -3.24. The lowest BCUT2D eigenvalue weighted by Gasteiger charge is -2.29. The second kappa shape index (κ2) is 7.43. The Balaban J connectivity index is 2.14. The first-order valence-electron chi connectivity index (χ1n) is 7.23. The van der Waals surface area contributed by atoms with E-state index in [-0.39, 0.29) is 5.25 Å². The van der Waals surface area contributed by atoms with E-state index in [1.165, 1.54) is 0 Å². The number of sulfonamides is 1. The normalized spacial score (nSPS) is 17.5. The molecule has 0 aromatic heterocycles. The zero-order chi connectivity index (χ0) is 14.4. The van der Waals surface area contributed by atoms with E-state index >= 15 is 0 Å². The van der Waals surface area contributed by atoms with Gasteiger partial charge < -0.3 is 0 Å². The highest BCUT2D eigenvalue weighted by molar-refractivity contribution is 7.89. The molecule has 2 rings (SSSR count). The van der Waals surface area contributed by atoms with Gasteiger partial charge in [-0.2, -0.15) is 4.31 Å². The Labute approximate surface area is 127 Å². The Morgan fingerprint density at radius 3 is 2.35 bits per heavy atom. The number of halogens is 1. The summed E-state index contributed by atoms with van der Waals surface area (Å²) in [4.78, 5) is 0. The largest absolute Gasteiger partial charge is 0.217 e. The highest BCUT2D eigenvalue weighted by Gasteiger charge is 2.32. The van der Waals surface area contributed by atoms with Crippen molar-refractivity contribution in [3.8, 4) is 0 Å². The molecule has 3 nitrogen and oxygen atoms in total. The van der Waals surface area contributed by atoms with Crippen LogP contribution in [0.5, 0.6) is 0 Å². The summed E-state index contributed by atoms with van der Waals surface area (Å²) in [6.45, 7) is 0.807. The first kappa shape index (κ1) is 15.8. The predicted molar refractivity (Wildman–Crippen MR) is 83.4 cm³/mol. The molecule has 0 heterocycles. The van der Waals surface area contributed by atoms with Gasteiger partial charge in [0.2, 0.25) is 10.0 Å². The van der Waals surface area contributed by atoms with Gasteiger partial charge in [0.05, 0.1) is 5.25 Å². The number of rotatable bonds is 6. The van der Waals surface area contributed by atoms with Crippen LogP contribution in [0, 0.1) is 0 Å². The Kier molecular flexibility index (Phi) is 5.87. The molecule has 1 fully saturated rings. The summed E-state index contributed by atoms with van der Waals surface area (Å²) in [7, 11) is -3.24. The van der Waals surface area contributed by atoms with Gasteiger partial charge in [0.15, 0.2) is 0 Å². The van der Waals surface area contributed by atoms with E-state index in [9.17, 15) is 8.42 Å². The van der Waals surface area contributed by atoms with Crippen molar-refractivity contribution in [2.45, 2.75) is 43.9 Å². The van der Waals surface area contributed by atoms with E-state index in [1.54, 1.807) is 4.31 Å². The number of benzene rings is 1. The van der Waals surface area contributed by atoms with Crippen molar-refractivity contribution >= 4 is 21.6 Å². The standard InChI is InChI=1S/C15H22ClNO2S/c16-11-12-17(13-14-7-3-1-4-8-14)20(18,19)15-9-5-2-6-10-15/h1,3-4,7-8,15H,2,5-6,9-13H2. The highest BCUT2D eigenvalue weighted by Crippen LogP contribution is 2.27. The van der Waals surface area contributed by atoms with E-state index in [4.69, 9.17) is 11.6 Å². The molecule has 0 saturated heterocycles. The molecule has 0 atom stereocenters. The van der Waals surface area contributed by atoms with Crippen molar-refractivity contribution in [3.05, 3.63) is 35.9 Å². The summed E-state index contributed by atoms with van der Waals surface area (Å²) in [6.07, 6.45) is 4.76. The summed E-state index contributed by atoms with van der Waals surface area (Å²) in [5.74, 6) is 0.332. The molecule has 0 aliphatic heterocycles. The van der Waals surface area contributed by atoms with Gasteiger partial charge in [0, 0.05) is 19.0 Å². The fraction of sp³-hybridized carbons (Fsp3) is 0.600. The molecular weight excluding hydrogens is 294 g/mol. The summed E-state index contributed by atoms with van der Waals surface area (Å²) in [6, 6.07) is 9.71. The Hall–Kier alpha value is -0.580. The van der Waals surface area contributed by atoms with E-state index < -0.39 is 10.0 Å². The lowest BCUT2D eigenvalue weighted by atomic mass is 10.0. The quantitative estimate of drug-likeness (QED) is 0.755. The zero-order valence-electron chi connectivity index (χ0n) is 11.7. The Bertz CT molecular complexity index is 498. The smallest absolute Gasteiger partial charge is 0.212 e. The van der Waals surface area contributed by atoms with Crippen LogP contribution in [-0.4, -0.2) is 30.4 Å². The monoisotopic (exact) mass is 315 g/mol. The third-order valence-electron chi connectivity index (χ3n) is 3.87. The minimum Gasteiger partial charge on any atom is -0.212 e. The lowest BCUT2D eigenvalue weighted by Crippen LogP contribution is -2.40. The van der Waals surface area contributed by atoms with Gasteiger partial charge >= 0.3 is 0 Å². The van der Waals surface area contributed by atoms with Crippen molar-refractivity contribution in [2.24, 2.45) is 0 Å². The van der Waals surface area contributed by atoms with Crippen molar-refractivity contribution < 1.29 is 8.42 Å². The molecular formula is C15H22ClNO2S. The molecule has 0 bridgehead atoms. The van der Waals surface area contributed by atoms with Crippen molar-refractivity contribution in [1.29, 1.82) is 0 Å². The summed E-state index contributed by atoms with van der Waals surface area (Å²) in [5.41, 5.74) is 1.01. The van der Waals surface area contributed by atoms with Crippen molar-refractivity contribution in [3.63, 3.8) is 0 Å². The Morgan fingerprint density at radius 2 is 1.75 bits per heavy atom. The van der Waals surface area contributed by atoms with Gasteiger partial charge in [0.25, 0.3) is 0 Å². The van der Waals surface area contributed by atoms with Crippen LogP contribution >= 0.6 is 11.6 Å². The Morgan fingerprint density at radius 1 is 1.10 bits per heavy atom. The molecule has 0 unspecified atom stereocenters. The van der Waals surface area contributed by atoms with Gasteiger partial charge in [0.1, 0.15) is 0 Å². The molecule has 0 amide bonds. The average Bonchev–Trinajstić information content (AvgIpc) is 2.49. The van der Waals surface area contributed by atoms with Crippen LogP contribution in [0.15, 0.2) is 30.3 Å². The van der Waals surface area contributed by atoms with Gasteiger partial charge in [-0.1, -0.05) is 49.6 Å². The molecule has 0 N–H and O–H groups in total. The summed E-state index contributed by atoms with van der Waals surface area (Å²) >= 11 is 5.80. The minimum absolute atomic E-state index is 0.219. The molecule has 5 heteroatoms. The van der Waals surface area contributed by atoms with Gasteiger partial charge in [-0.25, -0.2) is 8.42 Å². The second-order valence-corrected chi connectivity index (χ2v) is 7.90. The molecule has 112 valence electrons. The van der Waals surface area contributed by atoms with Crippen LogP contribution < -0.4 is 0 Å². The van der Waals surface area contributed by atoms with Crippen LogP contribution in [0.4, 0.5) is 0 Å². The van der Waals surface area contributed by atoms with Crippen molar-refractivity contribution in [2.75, 3.05) is 12.4 Å². The first-order chi connectivity index (χ1) is 9.64. The molecule has 20 heavy (non-hydrogen) atoms. The SMILES string of the molecule is O=S(=O)(C1CCCCC1)N(CCCl)Cc1ccccc1. The second-order valence-electron chi connectivity index (χ2n) is 5.31. The molecule has 0 radical (unpaired) electrons. The molecule has 1 aromatic carbocycles. The van der Waals surface area contributed by atoms with Crippen LogP contribution in [0.1, 0.15) is 37.7 Å². The highest BCUT2D eigenvalue weighted by atomic mass is 35.5. The van der Waals surface area contributed by atoms with Crippen LogP contribution in [0.25, 0.3) is 0 Å². The third kappa shape index (κ3) is 3.96. The first-order valence-corrected chi connectivity index (χ1v) is 9.27. The van der Waals surface area contributed by atoms with Gasteiger partial charge in [-0.3, -0.25) is 0 Å². The predicted octanol–water partition coefficient (Wildman–Crippen LogP) is 3.39. The molecule has 1 aromatic rings. The number of hydrogen-bond acceptors (Lipinski definition) is 2. The zero-order valence-corrected chi connectivity index (χ0v) is 13.2. The van der Waals surface area contributed by atoms with E-state index in [0.717, 1.165) is 37.7 Å². The summed E-state index contributed by atoms with van der Waals surface area (Å²) < 4.78 is 27.1. The number of alkyl halides is 1. The topological polar surface area (TPSA) is 37.4 Å². The fourth-order valence-corrected chi connectivity index (χ4v) is 5.08. The third-order valence-corrected chi connectivity index (χ3v) is 6.38. The maximum atomic E-state index is 12.7. The van der Waals surface area contributed by atoms with E-state index in [0.29, 0.717) is 19.0 Å². The molecule has 1 aliphatic carbocycles. The average molecular weight is 316 g/mol. The van der Waals surface area contributed by atoms with E-state index in [1.807, 2.05) is 30.3 Å². The maximum absolute atomic E-state index is 12.7. The molecule has 1 saturated carbocycles. The van der Waals surface area contributed by atoms with Crippen LogP contribution in [0.3, 0.4) is 0 Å². The number of nitrogens with zero attached hydrogens (tertiary/aromatic N) is 1. The van der Waals surface area contributed by atoms with Gasteiger partial charge in [-0.05, 0) is 18.4 Å². The molecule has 0 spiro atoms. The van der Waals surface area contributed by atoms with E-state index in [2.05, 4.69) is 0 Å². The van der Waals surface area contributed by atoms with Crippen LogP contribution in [0.2, 0.25) is 0 Å². The maximum Gasteiger partial charge on any atom is 0.217 e.